The van der Waals surface area contributed by atoms with E-state index in [1.165, 1.54) is 18.3 Å². The van der Waals surface area contributed by atoms with E-state index in [0.29, 0.717) is 4.47 Å². The maximum Gasteiger partial charge on any atom is 0.277 e. The Morgan fingerprint density at radius 3 is 2.71 bits per heavy atom. The Balaban J connectivity index is 1.97. The van der Waals surface area contributed by atoms with E-state index >= 15 is 0 Å². The summed E-state index contributed by atoms with van der Waals surface area (Å²) in [5, 5.41) is 4.73. The van der Waals surface area contributed by atoms with Gasteiger partial charge in [0.1, 0.15) is 18.2 Å². The van der Waals surface area contributed by atoms with Crippen LogP contribution in [0.15, 0.2) is 41.0 Å². The molecule has 1 atom stereocenters. The van der Waals surface area contributed by atoms with E-state index < -0.39 is 41.8 Å². The zero-order chi connectivity index (χ0) is 20.5. The maximum absolute atomic E-state index is 14.6. The summed E-state index contributed by atoms with van der Waals surface area (Å²) in [6.07, 6.45) is 0.579. The zero-order valence-corrected chi connectivity index (χ0v) is 16.6. The van der Waals surface area contributed by atoms with Gasteiger partial charge in [-0.3, -0.25) is 4.79 Å². The second-order valence-corrected chi connectivity index (χ2v) is 7.71. The number of halogens is 5. The van der Waals surface area contributed by atoms with E-state index in [-0.39, 0.29) is 22.8 Å². The molecule has 1 aromatic carbocycles. The van der Waals surface area contributed by atoms with E-state index in [0.717, 1.165) is 12.1 Å². The Morgan fingerprint density at radius 1 is 1.32 bits per heavy atom. The van der Waals surface area contributed by atoms with Crippen LogP contribution in [0.4, 0.5) is 23.2 Å². The standard InChI is InChI=1S/C18H14BrF4N3OS/c19-10-1-4-14(24-8-10)16(27)25-11-2-3-13(21)12(7-11)17(9-20)18(22,23)6-5-15(28)26-17/h1-4,7-8H,5-6,9H2,(H,25,27)(H,26,28). The minimum absolute atomic E-state index is 0.0213. The third kappa shape index (κ3) is 3.75. The summed E-state index contributed by atoms with van der Waals surface area (Å²) in [4.78, 5) is 16.2. The molecular weight excluding hydrogens is 462 g/mol. The molecule has 10 heteroatoms. The molecule has 0 saturated carbocycles. The van der Waals surface area contributed by atoms with Gasteiger partial charge in [-0.2, -0.15) is 0 Å². The van der Waals surface area contributed by atoms with Crippen LogP contribution in [0.25, 0.3) is 0 Å². The number of alkyl halides is 3. The first-order valence-corrected chi connectivity index (χ1v) is 9.36. The van der Waals surface area contributed by atoms with Crippen molar-refractivity contribution in [2.45, 2.75) is 24.3 Å². The summed E-state index contributed by atoms with van der Waals surface area (Å²) in [6.45, 7) is -1.58. The molecule has 1 aromatic heterocycles. The fourth-order valence-corrected chi connectivity index (χ4v) is 3.49. The molecule has 28 heavy (non-hydrogen) atoms. The van der Waals surface area contributed by atoms with Gasteiger partial charge < -0.3 is 10.6 Å². The number of thiocarbonyl (C=S) groups is 1. The van der Waals surface area contributed by atoms with Gasteiger partial charge in [-0.05, 0) is 46.3 Å². The number of hydrogen-bond acceptors (Lipinski definition) is 3. The van der Waals surface area contributed by atoms with E-state index in [1.54, 1.807) is 6.07 Å². The van der Waals surface area contributed by atoms with Crippen LogP contribution in [-0.4, -0.2) is 28.5 Å². The summed E-state index contributed by atoms with van der Waals surface area (Å²) < 4.78 is 58.3. The highest BCUT2D eigenvalue weighted by Gasteiger charge is 2.58. The van der Waals surface area contributed by atoms with Crippen LogP contribution >= 0.6 is 28.1 Å². The lowest BCUT2D eigenvalue weighted by molar-refractivity contribution is -0.109. The second kappa shape index (κ2) is 7.75. The third-order valence-electron chi connectivity index (χ3n) is 4.49. The molecule has 1 aliphatic heterocycles. The Hall–Kier alpha value is -2.07. The monoisotopic (exact) mass is 475 g/mol. The number of rotatable bonds is 4. The normalized spacial score (nSPS) is 21.1. The lowest BCUT2D eigenvalue weighted by Crippen LogP contribution is -2.62. The number of hydrogen-bond donors (Lipinski definition) is 2. The molecule has 0 radical (unpaired) electrons. The largest absolute Gasteiger partial charge is 0.363 e. The molecule has 2 aromatic rings. The Morgan fingerprint density at radius 2 is 2.07 bits per heavy atom. The molecule has 1 aliphatic rings. The van der Waals surface area contributed by atoms with E-state index in [2.05, 4.69) is 31.5 Å². The fourth-order valence-electron chi connectivity index (χ4n) is 2.98. The van der Waals surface area contributed by atoms with E-state index in [1.807, 2.05) is 0 Å². The van der Waals surface area contributed by atoms with E-state index in [4.69, 9.17) is 12.2 Å². The summed E-state index contributed by atoms with van der Waals surface area (Å²) in [6, 6.07) is 6.12. The number of amides is 1. The van der Waals surface area contributed by atoms with Gasteiger partial charge in [-0.15, -0.1) is 0 Å². The lowest BCUT2D eigenvalue weighted by atomic mass is 9.79. The molecule has 0 bridgehead atoms. The predicted molar refractivity (Wildman–Crippen MR) is 104 cm³/mol. The minimum Gasteiger partial charge on any atom is -0.363 e. The van der Waals surface area contributed by atoms with Gasteiger partial charge in [0.25, 0.3) is 11.8 Å². The smallest absolute Gasteiger partial charge is 0.277 e. The molecule has 1 unspecified atom stereocenters. The first-order chi connectivity index (χ1) is 13.2. The lowest BCUT2D eigenvalue weighted by Gasteiger charge is -2.44. The predicted octanol–water partition coefficient (Wildman–Crippen LogP) is 4.75. The van der Waals surface area contributed by atoms with Gasteiger partial charge >= 0.3 is 0 Å². The highest BCUT2D eigenvalue weighted by atomic mass is 79.9. The first kappa shape index (κ1) is 20.7. The number of nitrogens with one attached hydrogen (secondary N) is 2. The number of piperidine rings is 1. The number of pyridine rings is 1. The topological polar surface area (TPSA) is 54.0 Å². The average molecular weight is 476 g/mol. The van der Waals surface area contributed by atoms with Crippen molar-refractivity contribution in [3.63, 3.8) is 0 Å². The van der Waals surface area contributed by atoms with Gasteiger partial charge in [0.05, 0.1) is 4.99 Å². The maximum atomic E-state index is 14.6. The van der Waals surface area contributed by atoms with Crippen molar-refractivity contribution < 1.29 is 22.4 Å². The number of carbonyl (C=O) groups excluding carboxylic acids is 1. The zero-order valence-electron chi connectivity index (χ0n) is 14.2. The highest BCUT2D eigenvalue weighted by molar-refractivity contribution is 9.10. The van der Waals surface area contributed by atoms with Crippen molar-refractivity contribution in [1.82, 2.24) is 10.3 Å². The minimum atomic E-state index is -3.58. The highest BCUT2D eigenvalue weighted by Crippen LogP contribution is 2.45. The molecule has 0 aliphatic carbocycles. The molecule has 2 N–H and O–H groups in total. The molecule has 1 amide bonds. The van der Waals surface area contributed by atoms with Crippen molar-refractivity contribution >= 4 is 44.7 Å². The van der Waals surface area contributed by atoms with Crippen molar-refractivity contribution in [2.24, 2.45) is 0 Å². The number of aromatic nitrogens is 1. The van der Waals surface area contributed by atoms with Crippen molar-refractivity contribution in [2.75, 3.05) is 12.0 Å². The van der Waals surface area contributed by atoms with Gasteiger partial charge in [-0.25, -0.2) is 22.5 Å². The van der Waals surface area contributed by atoms with Crippen LogP contribution in [0.1, 0.15) is 28.9 Å². The van der Waals surface area contributed by atoms with Crippen molar-refractivity contribution in [3.8, 4) is 0 Å². The van der Waals surface area contributed by atoms with Gasteiger partial charge in [-0.1, -0.05) is 12.2 Å². The van der Waals surface area contributed by atoms with Crippen molar-refractivity contribution in [3.05, 3.63) is 58.1 Å². The second-order valence-electron chi connectivity index (χ2n) is 6.30. The number of benzene rings is 1. The molecular formula is C18H14BrF4N3OS. The molecule has 1 fully saturated rings. The summed E-state index contributed by atoms with van der Waals surface area (Å²) in [5.74, 6) is -5.24. The fraction of sp³-hybridized carbons (Fsp3) is 0.278. The molecule has 0 spiro atoms. The summed E-state index contributed by atoms with van der Waals surface area (Å²) in [5.41, 5.74) is -3.16. The van der Waals surface area contributed by atoms with Crippen LogP contribution in [0.5, 0.6) is 0 Å². The van der Waals surface area contributed by atoms with Crippen LogP contribution < -0.4 is 10.6 Å². The molecule has 1 saturated heterocycles. The quantitative estimate of drug-likeness (QED) is 0.495. The summed E-state index contributed by atoms with van der Waals surface area (Å²) >= 11 is 8.12. The Bertz CT molecular complexity index is 926. The van der Waals surface area contributed by atoms with Gasteiger partial charge in [0, 0.05) is 34.8 Å². The molecule has 148 valence electrons. The number of anilines is 1. The van der Waals surface area contributed by atoms with Gasteiger partial charge in [0.15, 0.2) is 5.54 Å². The van der Waals surface area contributed by atoms with Crippen LogP contribution in [0, 0.1) is 5.82 Å². The average Bonchev–Trinajstić information content (AvgIpc) is 2.66. The van der Waals surface area contributed by atoms with Crippen LogP contribution in [0.2, 0.25) is 0 Å². The van der Waals surface area contributed by atoms with E-state index in [9.17, 15) is 22.4 Å². The third-order valence-corrected chi connectivity index (χ3v) is 5.26. The SMILES string of the molecule is O=C(Nc1ccc(F)c(C2(CF)NC(=S)CCC2(F)F)c1)c1ccc(Br)cn1. The molecule has 4 nitrogen and oxygen atoms in total. The van der Waals surface area contributed by atoms with Crippen LogP contribution in [0.3, 0.4) is 0 Å². The molecule has 3 rings (SSSR count). The number of nitrogens with zero attached hydrogens (tertiary/aromatic N) is 1. The van der Waals surface area contributed by atoms with Crippen LogP contribution in [-0.2, 0) is 5.54 Å². The number of carbonyl (C=O) groups is 1. The first-order valence-electron chi connectivity index (χ1n) is 8.16. The summed E-state index contributed by atoms with van der Waals surface area (Å²) in [7, 11) is 0. The molecule has 2 heterocycles. The van der Waals surface area contributed by atoms with Crippen molar-refractivity contribution in [1.29, 1.82) is 0 Å². The van der Waals surface area contributed by atoms with Gasteiger partial charge in [0.2, 0.25) is 0 Å². The Labute approximate surface area is 171 Å². The Kier molecular flexibility index (Phi) is 5.72.